The fourth-order valence-corrected chi connectivity index (χ4v) is 1.15. The Labute approximate surface area is 105 Å². The highest BCUT2D eigenvalue weighted by molar-refractivity contribution is 5.86. The van der Waals surface area contributed by atoms with Gasteiger partial charge in [0.05, 0.1) is 10.6 Å². The molecule has 0 atom stereocenters. The predicted molar refractivity (Wildman–Crippen MR) is 58.9 cm³/mol. The minimum Gasteiger partial charge on any atom is -0.440 e. The number of halogens is 3. The first-order valence-electron chi connectivity index (χ1n) is 4.94. The maximum atomic E-state index is 11.8. The number of carbonyl (C=O) groups is 1. The van der Waals surface area contributed by atoms with E-state index in [1.54, 1.807) is 0 Å². The molecule has 0 radical (unpaired) electrons. The summed E-state index contributed by atoms with van der Waals surface area (Å²) < 4.78 is 39.3. The third-order valence-corrected chi connectivity index (χ3v) is 2.04. The Kier molecular flexibility index (Phi) is 4.30. The number of alkyl halides is 3. The van der Waals surface area contributed by atoms with E-state index >= 15 is 0 Å². The van der Waals surface area contributed by atoms with Crippen molar-refractivity contribution >= 4 is 17.5 Å². The lowest BCUT2D eigenvalue weighted by atomic mass is 10.2. The second-order valence-corrected chi connectivity index (χ2v) is 3.57. The Balaban J connectivity index is 2.73. The first-order chi connectivity index (χ1) is 8.69. The van der Waals surface area contributed by atoms with Crippen LogP contribution in [0.5, 0.6) is 0 Å². The van der Waals surface area contributed by atoms with E-state index in [-0.39, 0.29) is 11.4 Å². The summed E-state index contributed by atoms with van der Waals surface area (Å²) >= 11 is 0. The van der Waals surface area contributed by atoms with Crippen molar-refractivity contribution in [3.63, 3.8) is 0 Å². The van der Waals surface area contributed by atoms with E-state index < -0.39 is 23.8 Å². The number of hydrogen-bond donors (Lipinski definition) is 1. The van der Waals surface area contributed by atoms with Crippen molar-refractivity contribution in [3.05, 3.63) is 33.9 Å². The number of nitrogens with zero attached hydrogens (tertiary/aromatic N) is 1. The van der Waals surface area contributed by atoms with Crippen LogP contribution in [0.15, 0.2) is 18.2 Å². The topological polar surface area (TPSA) is 81.5 Å². The van der Waals surface area contributed by atoms with Crippen molar-refractivity contribution in [2.45, 2.75) is 13.1 Å². The van der Waals surface area contributed by atoms with Gasteiger partial charge in [-0.2, -0.15) is 13.2 Å². The third kappa shape index (κ3) is 4.82. The van der Waals surface area contributed by atoms with Gasteiger partial charge >= 0.3 is 12.3 Å². The van der Waals surface area contributed by atoms with Crippen LogP contribution >= 0.6 is 0 Å². The number of aryl methyl sites for hydroxylation is 1. The van der Waals surface area contributed by atoms with Crippen molar-refractivity contribution < 1.29 is 27.6 Å². The molecule has 6 nitrogen and oxygen atoms in total. The maximum Gasteiger partial charge on any atom is 0.422 e. The quantitative estimate of drug-likeness (QED) is 0.680. The van der Waals surface area contributed by atoms with E-state index in [0.717, 1.165) is 6.07 Å². The van der Waals surface area contributed by atoms with Gasteiger partial charge < -0.3 is 4.74 Å². The number of carbonyl (C=O) groups excluding carboxylic acids is 1. The van der Waals surface area contributed by atoms with Gasteiger partial charge in [-0.25, -0.2) is 4.79 Å². The molecule has 1 amide bonds. The maximum absolute atomic E-state index is 11.8. The van der Waals surface area contributed by atoms with Crippen molar-refractivity contribution in [1.29, 1.82) is 0 Å². The first kappa shape index (κ1) is 14.7. The number of non-ortho nitro benzene ring substituents is 1. The summed E-state index contributed by atoms with van der Waals surface area (Å²) in [6.45, 7) is -0.199. The van der Waals surface area contributed by atoms with Crippen LogP contribution in [0.3, 0.4) is 0 Å². The standard InChI is InChI=1S/C10H9F3N2O4/c1-6-2-3-7(15(17)18)4-8(6)14-9(16)19-5-10(11,12)13/h2-4H,5H2,1H3,(H,14,16). The predicted octanol–water partition coefficient (Wildman–Crippen LogP) is 3.01. The Hall–Kier alpha value is -2.32. The van der Waals surface area contributed by atoms with Gasteiger partial charge in [0.1, 0.15) is 0 Å². The molecule has 0 heterocycles. The molecule has 1 aromatic carbocycles. The number of rotatable bonds is 3. The van der Waals surface area contributed by atoms with Gasteiger partial charge in [-0.3, -0.25) is 15.4 Å². The zero-order valence-corrected chi connectivity index (χ0v) is 9.65. The highest BCUT2D eigenvalue weighted by atomic mass is 19.4. The molecule has 1 rings (SSSR count). The fraction of sp³-hybridized carbons (Fsp3) is 0.300. The molecular formula is C10H9F3N2O4. The van der Waals surface area contributed by atoms with Gasteiger partial charge in [-0.15, -0.1) is 0 Å². The van der Waals surface area contributed by atoms with Gasteiger partial charge in [-0.05, 0) is 12.5 Å². The summed E-state index contributed by atoms with van der Waals surface area (Å²) in [5.74, 6) is 0. The zero-order valence-electron chi connectivity index (χ0n) is 9.65. The molecule has 0 unspecified atom stereocenters. The first-order valence-corrected chi connectivity index (χ1v) is 4.94. The smallest absolute Gasteiger partial charge is 0.422 e. The molecule has 0 aliphatic carbocycles. The van der Waals surface area contributed by atoms with Gasteiger partial charge in [0.2, 0.25) is 0 Å². The Morgan fingerprint density at radius 1 is 1.47 bits per heavy atom. The summed E-state index contributed by atoms with van der Waals surface area (Å²) in [5.41, 5.74) is 0.174. The average molecular weight is 278 g/mol. The van der Waals surface area contributed by atoms with Crippen molar-refractivity contribution in [2.75, 3.05) is 11.9 Å². The van der Waals surface area contributed by atoms with Gasteiger partial charge in [-0.1, -0.05) is 6.07 Å². The molecule has 1 N–H and O–H groups in total. The number of ether oxygens (including phenoxy) is 1. The minimum absolute atomic E-state index is 0.0152. The van der Waals surface area contributed by atoms with Crippen LogP contribution in [0.2, 0.25) is 0 Å². The van der Waals surface area contributed by atoms with E-state index in [0.29, 0.717) is 5.56 Å². The molecule has 9 heteroatoms. The van der Waals surface area contributed by atoms with E-state index in [9.17, 15) is 28.1 Å². The van der Waals surface area contributed by atoms with Crippen LogP contribution < -0.4 is 5.32 Å². The molecule has 1 aromatic rings. The lowest BCUT2D eigenvalue weighted by molar-refractivity contribution is -0.384. The summed E-state index contributed by atoms with van der Waals surface area (Å²) in [6.07, 6.45) is -5.96. The second kappa shape index (κ2) is 5.55. The summed E-state index contributed by atoms with van der Waals surface area (Å²) in [5, 5.41) is 12.5. The molecule has 19 heavy (non-hydrogen) atoms. The second-order valence-electron chi connectivity index (χ2n) is 3.57. The van der Waals surface area contributed by atoms with Gasteiger partial charge in [0.15, 0.2) is 6.61 Å². The van der Waals surface area contributed by atoms with Crippen LogP contribution in [-0.2, 0) is 4.74 Å². The molecule has 0 aromatic heterocycles. The normalized spacial score (nSPS) is 10.9. The number of nitro benzene ring substituents is 1. The van der Waals surface area contributed by atoms with E-state index in [1.165, 1.54) is 19.1 Å². The van der Waals surface area contributed by atoms with Crippen molar-refractivity contribution in [2.24, 2.45) is 0 Å². The highest BCUT2D eigenvalue weighted by Gasteiger charge is 2.29. The van der Waals surface area contributed by atoms with E-state index in [4.69, 9.17) is 0 Å². The number of benzene rings is 1. The minimum atomic E-state index is -4.63. The van der Waals surface area contributed by atoms with Crippen molar-refractivity contribution in [3.8, 4) is 0 Å². The van der Waals surface area contributed by atoms with Gasteiger partial charge in [0.25, 0.3) is 5.69 Å². The zero-order chi connectivity index (χ0) is 14.6. The third-order valence-electron chi connectivity index (χ3n) is 2.04. The van der Waals surface area contributed by atoms with Crippen molar-refractivity contribution in [1.82, 2.24) is 0 Å². The molecule has 0 saturated heterocycles. The monoisotopic (exact) mass is 278 g/mol. The largest absolute Gasteiger partial charge is 0.440 e. The van der Waals surface area contributed by atoms with Gasteiger partial charge in [0, 0.05) is 12.1 Å². The molecular weight excluding hydrogens is 269 g/mol. The SMILES string of the molecule is Cc1ccc([N+](=O)[O-])cc1NC(=O)OCC(F)(F)F. The highest BCUT2D eigenvalue weighted by Crippen LogP contribution is 2.22. The lowest BCUT2D eigenvalue weighted by Crippen LogP contribution is -2.23. The van der Waals surface area contributed by atoms with Crippen LogP contribution in [0.1, 0.15) is 5.56 Å². The summed E-state index contributed by atoms with van der Waals surface area (Å²) in [7, 11) is 0. The molecule has 0 spiro atoms. The molecule has 0 aliphatic heterocycles. The average Bonchev–Trinajstić information content (AvgIpc) is 2.28. The summed E-state index contributed by atoms with van der Waals surface area (Å²) in [4.78, 5) is 20.9. The molecule has 0 bridgehead atoms. The Morgan fingerprint density at radius 2 is 2.11 bits per heavy atom. The van der Waals surface area contributed by atoms with E-state index in [1.807, 2.05) is 5.32 Å². The lowest BCUT2D eigenvalue weighted by Gasteiger charge is -2.10. The number of nitrogens with one attached hydrogen (secondary N) is 1. The molecule has 0 fully saturated rings. The summed E-state index contributed by atoms with van der Waals surface area (Å²) in [6, 6.07) is 3.60. The molecule has 104 valence electrons. The molecule has 0 saturated carbocycles. The Bertz CT molecular complexity index is 502. The molecule has 0 aliphatic rings. The number of hydrogen-bond acceptors (Lipinski definition) is 4. The number of amides is 1. The fourth-order valence-electron chi connectivity index (χ4n) is 1.15. The number of anilines is 1. The Morgan fingerprint density at radius 3 is 2.63 bits per heavy atom. The van der Waals surface area contributed by atoms with Crippen LogP contribution in [0, 0.1) is 17.0 Å². The van der Waals surface area contributed by atoms with E-state index in [2.05, 4.69) is 4.74 Å². The van der Waals surface area contributed by atoms with Crippen LogP contribution in [0.4, 0.5) is 29.3 Å². The van der Waals surface area contributed by atoms with Crippen LogP contribution in [-0.4, -0.2) is 23.8 Å². The number of nitro groups is 1. The van der Waals surface area contributed by atoms with Crippen LogP contribution in [0.25, 0.3) is 0 Å².